The minimum absolute atomic E-state index is 0.210. The number of Topliss-reactive ketones (excluding diaryl/α,β-unsaturated/α-hetero) is 1. The van der Waals surface area contributed by atoms with Crippen LogP contribution in [0.25, 0.3) is 0 Å². The van der Waals surface area contributed by atoms with Crippen molar-refractivity contribution in [2.75, 3.05) is 0 Å². The van der Waals surface area contributed by atoms with Crippen LogP contribution in [0.15, 0.2) is 39.5 Å². The Balaban J connectivity index is 2.07. The largest absolute Gasteiger partial charge is 0.294 e. The summed E-state index contributed by atoms with van der Waals surface area (Å²) in [7, 11) is 0. The first-order valence-electron chi connectivity index (χ1n) is 5.16. The molecule has 1 aromatic carbocycles. The van der Waals surface area contributed by atoms with Gasteiger partial charge in [-0.25, -0.2) is 0 Å². The van der Waals surface area contributed by atoms with Crippen molar-refractivity contribution < 1.29 is 4.79 Å². The molecule has 0 bridgehead atoms. The second-order valence-electron chi connectivity index (χ2n) is 3.68. The van der Waals surface area contributed by atoms with Crippen molar-refractivity contribution in [3.63, 3.8) is 0 Å². The number of thiophene rings is 1. The maximum absolute atomic E-state index is 12.1. The van der Waals surface area contributed by atoms with Crippen LogP contribution in [0, 0.1) is 3.57 Å². The summed E-state index contributed by atoms with van der Waals surface area (Å²) in [4.78, 5) is 12.1. The molecule has 0 atom stereocenters. The number of rotatable bonds is 4. The molecule has 0 unspecified atom stereocenters. The highest BCUT2D eigenvalue weighted by Crippen LogP contribution is 2.20. The number of hydrogen-bond acceptors (Lipinski definition) is 2. The minimum atomic E-state index is 0.210. The fourth-order valence-corrected chi connectivity index (χ4v) is 3.24. The molecule has 0 aliphatic carbocycles. The quantitative estimate of drug-likeness (QED) is 0.506. The Kier molecular flexibility index (Phi) is 4.76. The third-order valence-electron chi connectivity index (χ3n) is 2.45. The molecule has 0 saturated heterocycles. The maximum atomic E-state index is 12.1. The summed E-state index contributed by atoms with van der Waals surface area (Å²) in [5, 5.41) is 4.14. The van der Waals surface area contributed by atoms with Crippen LogP contribution in [0.1, 0.15) is 22.3 Å². The summed E-state index contributed by atoms with van der Waals surface area (Å²) in [6.45, 7) is 0. The van der Waals surface area contributed by atoms with Crippen molar-refractivity contribution in [3.8, 4) is 0 Å². The van der Waals surface area contributed by atoms with Crippen LogP contribution in [-0.4, -0.2) is 5.78 Å². The van der Waals surface area contributed by atoms with Crippen molar-refractivity contribution in [2.24, 2.45) is 0 Å². The van der Waals surface area contributed by atoms with Crippen LogP contribution >= 0.6 is 49.9 Å². The van der Waals surface area contributed by atoms with Gasteiger partial charge in [0.25, 0.3) is 0 Å². The number of halogens is 2. The predicted molar refractivity (Wildman–Crippen MR) is 83.8 cm³/mol. The molecule has 0 aliphatic rings. The van der Waals surface area contributed by atoms with Crippen LogP contribution in [0.4, 0.5) is 0 Å². The highest BCUT2D eigenvalue weighted by atomic mass is 127. The van der Waals surface area contributed by atoms with E-state index in [0.717, 1.165) is 20.0 Å². The van der Waals surface area contributed by atoms with Crippen LogP contribution in [0.2, 0.25) is 0 Å². The summed E-state index contributed by atoms with van der Waals surface area (Å²) >= 11 is 7.28. The zero-order chi connectivity index (χ0) is 12.3. The van der Waals surface area contributed by atoms with E-state index in [1.54, 1.807) is 11.3 Å². The van der Waals surface area contributed by atoms with E-state index in [1.807, 2.05) is 23.6 Å². The van der Waals surface area contributed by atoms with Crippen molar-refractivity contribution in [3.05, 3.63) is 54.2 Å². The number of hydrogen-bond donors (Lipinski definition) is 0. The molecule has 0 saturated carbocycles. The Morgan fingerprint density at radius 1 is 1.35 bits per heavy atom. The number of aryl methyl sites for hydroxylation is 1. The molecule has 17 heavy (non-hydrogen) atoms. The van der Waals surface area contributed by atoms with Gasteiger partial charge < -0.3 is 0 Å². The van der Waals surface area contributed by atoms with Crippen molar-refractivity contribution >= 4 is 55.6 Å². The monoisotopic (exact) mass is 420 g/mol. The van der Waals surface area contributed by atoms with E-state index in [9.17, 15) is 4.79 Å². The lowest BCUT2D eigenvalue weighted by atomic mass is 10.0. The van der Waals surface area contributed by atoms with Gasteiger partial charge in [-0.15, -0.1) is 0 Å². The lowest BCUT2D eigenvalue weighted by Gasteiger charge is -2.04. The van der Waals surface area contributed by atoms with Gasteiger partial charge in [-0.1, -0.05) is 15.9 Å². The van der Waals surface area contributed by atoms with Crippen molar-refractivity contribution in [1.29, 1.82) is 0 Å². The Morgan fingerprint density at radius 2 is 2.18 bits per heavy atom. The average molecular weight is 421 g/mol. The molecule has 1 nitrogen and oxygen atoms in total. The molecule has 88 valence electrons. The molecule has 1 heterocycles. The van der Waals surface area contributed by atoms with Gasteiger partial charge in [0.1, 0.15) is 0 Å². The number of benzene rings is 1. The van der Waals surface area contributed by atoms with Gasteiger partial charge in [0, 0.05) is 20.0 Å². The lowest BCUT2D eigenvalue weighted by Crippen LogP contribution is -2.03. The first-order chi connectivity index (χ1) is 8.16. The molecular weight excluding hydrogens is 411 g/mol. The van der Waals surface area contributed by atoms with E-state index in [2.05, 4.69) is 50.0 Å². The standard InChI is InChI=1S/C13H10BrIOS/c14-10-2-3-12(15)11(7-10)13(16)4-1-9-5-6-17-8-9/h2-3,5-8H,1,4H2. The lowest BCUT2D eigenvalue weighted by molar-refractivity contribution is 0.0982. The Bertz CT molecular complexity index is 522. The molecule has 0 fully saturated rings. The van der Waals surface area contributed by atoms with Gasteiger partial charge in [0.05, 0.1) is 0 Å². The second kappa shape index (κ2) is 6.11. The molecular formula is C13H10BrIOS. The zero-order valence-corrected chi connectivity index (χ0v) is 13.5. The Hall–Kier alpha value is -0.200. The summed E-state index contributed by atoms with van der Waals surface area (Å²) in [5.74, 6) is 0.210. The first kappa shape index (κ1) is 13.2. The van der Waals surface area contributed by atoms with Gasteiger partial charge in [-0.05, 0) is 69.6 Å². The van der Waals surface area contributed by atoms with Crippen LogP contribution < -0.4 is 0 Å². The van der Waals surface area contributed by atoms with E-state index in [4.69, 9.17) is 0 Å². The average Bonchev–Trinajstić information content (AvgIpc) is 2.82. The molecule has 2 rings (SSSR count). The molecule has 0 N–H and O–H groups in total. The van der Waals surface area contributed by atoms with E-state index >= 15 is 0 Å². The summed E-state index contributed by atoms with van der Waals surface area (Å²) in [6.07, 6.45) is 1.40. The molecule has 1 aromatic heterocycles. The van der Waals surface area contributed by atoms with Crippen molar-refractivity contribution in [2.45, 2.75) is 12.8 Å². The fraction of sp³-hybridized carbons (Fsp3) is 0.154. The van der Waals surface area contributed by atoms with E-state index in [0.29, 0.717) is 6.42 Å². The Morgan fingerprint density at radius 3 is 2.88 bits per heavy atom. The van der Waals surface area contributed by atoms with Crippen LogP contribution in [0.5, 0.6) is 0 Å². The number of carbonyl (C=O) groups excluding carboxylic acids is 1. The topological polar surface area (TPSA) is 17.1 Å². The van der Waals surface area contributed by atoms with Crippen LogP contribution in [0.3, 0.4) is 0 Å². The summed E-state index contributed by atoms with van der Waals surface area (Å²) in [6, 6.07) is 7.89. The Labute approximate surface area is 127 Å². The first-order valence-corrected chi connectivity index (χ1v) is 7.97. The number of carbonyl (C=O) groups is 1. The maximum Gasteiger partial charge on any atom is 0.164 e. The molecule has 0 spiro atoms. The second-order valence-corrected chi connectivity index (χ2v) is 6.54. The van der Waals surface area contributed by atoms with E-state index in [1.165, 1.54) is 5.56 Å². The molecule has 4 heteroatoms. The SMILES string of the molecule is O=C(CCc1ccsc1)c1cc(Br)ccc1I. The van der Waals surface area contributed by atoms with Gasteiger partial charge in [0.15, 0.2) is 5.78 Å². The number of ketones is 1. The molecule has 0 amide bonds. The zero-order valence-electron chi connectivity index (χ0n) is 8.95. The minimum Gasteiger partial charge on any atom is -0.294 e. The van der Waals surface area contributed by atoms with Crippen LogP contribution in [-0.2, 0) is 6.42 Å². The third-order valence-corrected chi connectivity index (χ3v) is 4.62. The van der Waals surface area contributed by atoms with Gasteiger partial charge in [-0.2, -0.15) is 11.3 Å². The summed E-state index contributed by atoms with van der Waals surface area (Å²) in [5.41, 5.74) is 2.06. The fourth-order valence-electron chi connectivity index (χ4n) is 1.54. The van der Waals surface area contributed by atoms with Gasteiger partial charge in [0.2, 0.25) is 0 Å². The molecule has 2 aromatic rings. The molecule has 0 radical (unpaired) electrons. The smallest absolute Gasteiger partial charge is 0.164 e. The highest BCUT2D eigenvalue weighted by molar-refractivity contribution is 14.1. The van der Waals surface area contributed by atoms with Crippen molar-refractivity contribution in [1.82, 2.24) is 0 Å². The summed E-state index contributed by atoms with van der Waals surface area (Å²) < 4.78 is 1.97. The van der Waals surface area contributed by atoms with E-state index < -0.39 is 0 Å². The normalized spacial score (nSPS) is 10.5. The molecule has 0 aliphatic heterocycles. The van der Waals surface area contributed by atoms with Gasteiger partial charge >= 0.3 is 0 Å². The predicted octanol–water partition coefficient (Wildman–Crippen LogP) is 4.93. The highest BCUT2D eigenvalue weighted by Gasteiger charge is 2.10. The van der Waals surface area contributed by atoms with E-state index in [-0.39, 0.29) is 5.78 Å². The van der Waals surface area contributed by atoms with Gasteiger partial charge in [-0.3, -0.25) is 4.79 Å². The third kappa shape index (κ3) is 3.63.